The second-order valence-electron chi connectivity index (χ2n) is 4.26. The van der Waals surface area contributed by atoms with Crippen LogP contribution in [0.1, 0.15) is 11.1 Å². The highest BCUT2D eigenvalue weighted by atomic mass is 32.1. The molecule has 0 spiro atoms. The van der Waals surface area contributed by atoms with Crippen molar-refractivity contribution in [2.75, 3.05) is 13.7 Å². The second-order valence-corrected chi connectivity index (χ2v) is 5.04. The third-order valence-corrected chi connectivity index (χ3v) is 3.55. The van der Waals surface area contributed by atoms with Crippen LogP contribution in [0.2, 0.25) is 0 Å². The van der Waals surface area contributed by atoms with Gasteiger partial charge in [-0.15, -0.1) is 0 Å². The van der Waals surface area contributed by atoms with Gasteiger partial charge in [-0.05, 0) is 46.5 Å². The van der Waals surface area contributed by atoms with Crippen LogP contribution in [-0.2, 0) is 17.6 Å². The number of amides is 1. The van der Waals surface area contributed by atoms with Gasteiger partial charge in [0.25, 0.3) is 0 Å². The van der Waals surface area contributed by atoms with E-state index in [4.69, 9.17) is 4.74 Å². The van der Waals surface area contributed by atoms with Crippen LogP contribution in [-0.4, -0.2) is 19.6 Å². The molecule has 0 aliphatic heterocycles. The first kappa shape index (κ1) is 13.6. The summed E-state index contributed by atoms with van der Waals surface area (Å²) in [4.78, 5) is 11.8. The average Bonchev–Trinajstić information content (AvgIpc) is 2.92. The molecular weight excluding hydrogens is 258 g/mol. The average molecular weight is 275 g/mol. The molecule has 1 aromatic carbocycles. The lowest BCUT2D eigenvalue weighted by Crippen LogP contribution is -2.27. The summed E-state index contributed by atoms with van der Waals surface area (Å²) in [5, 5.41) is 7.09. The van der Waals surface area contributed by atoms with Crippen molar-refractivity contribution in [1.82, 2.24) is 5.32 Å². The molecule has 4 heteroatoms. The summed E-state index contributed by atoms with van der Waals surface area (Å²) in [6.07, 6.45) is 1.27. The van der Waals surface area contributed by atoms with Crippen LogP contribution in [0.3, 0.4) is 0 Å². The Morgan fingerprint density at radius 2 is 2.21 bits per heavy atom. The van der Waals surface area contributed by atoms with E-state index < -0.39 is 0 Å². The fourth-order valence-electron chi connectivity index (χ4n) is 1.81. The van der Waals surface area contributed by atoms with Crippen LogP contribution in [0.25, 0.3) is 0 Å². The van der Waals surface area contributed by atoms with Crippen LogP contribution in [0.4, 0.5) is 0 Å². The molecule has 1 amide bonds. The smallest absolute Gasteiger partial charge is 0.224 e. The van der Waals surface area contributed by atoms with Crippen LogP contribution in [0.15, 0.2) is 41.1 Å². The molecule has 0 saturated carbocycles. The monoisotopic (exact) mass is 275 g/mol. The molecule has 0 atom stereocenters. The number of benzene rings is 1. The molecule has 19 heavy (non-hydrogen) atoms. The van der Waals surface area contributed by atoms with Crippen LogP contribution >= 0.6 is 11.3 Å². The zero-order chi connectivity index (χ0) is 13.5. The number of hydrogen-bond donors (Lipinski definition) is 1. The van der Waals surface area contributed by atoms with Crippen LogP contribution in [0, 0.1) is 0 Å². The molecule has 1 aromatic heterocycles. The quantitative estimate of drug-likeness (QED) is 0.880. The summed E-state index contributed by atoms with van der Waals surface area (Å²) < 4.78 is 5.14. The first-order valence-corrected chi connectivity index (χ1v) is 7.13. The van der Waals surface area contributed by atoms with E-state index in [1.165, 1.54) is 5.56 Å². The van der Waals surface area contributed by atoms with Gasteiger partial charge in [-0.2, -0.15) is 11.3 Å². The minimum Gasteiger partial charge on any atom is -0.497 e. The van der Waals surface area contributed by atoms with E-state index in [9.17, 15) is 4.79 Å². The molecule has 0 unspecified atom stereocenters. The molecule has 3 nitrogen and oxygen atoms in total. The van der Waals surface area contributed by atoms with Gasteiger partial charge in [0.2, 0.25) is 5.91 Å². The Bertz CT molecular complexity index is 523. The zero-order valence-corrected chi connectivity index (χ0v) is 11.7. The molecule has 0 aliphatic rings. The summed E-state index contributed by atoms with van der Waals surface area (Å²) in [5.74, 6) is 0.826. The molecule has 2 rings (SSSR count). The Labute approximate surface area is 117 Å². The maximum Gasteiger partial charge on any atom is 0.224 e. The fraction of sp³-hybridized carbons (Fsp3) is 0.267. The predicted octanol–water partition coefficient (Wildman–Crippen LogP) is 2.66. The van der Waals surface area contributed by atoms with Crippen molar-refractivity contribution in [3.05, 3.63) is 52.2 Å². The number of ether oxygens (including phenoxy) is 1. The highest BCUT2D eigenvalue weighted by Crippen LogP contribution is 2.12. The molecule has 2 aromatic rings. The maximum absolute atomic E-state index is 11.8. The van der Waals surface area contributed by atoms with Gasteiger partial charge < -0.3 is 10.1 Å². The largest absolute Gasteiger partial charge is 0.497 e. The molecule has 1 heterocycles. The van der Waals surface area contributed by atoms with Crippen molar-refractivity contribution in [3.63, 3.8) is 0 Å². The number of hydrogen-bond acceptors (Lipinski definition) is 3. The van der Waals surface area contributed by atoms with E-state index in [2.05, 4.69) is 16.8 Å². The standard InChI is InChI=1S/C15H17NO2S/c1-18-14-4-2-3-13(9-14)10-15(17)16-7-5-12-6-8-19-11-12/h2-4,6,8-9,11H,5,7,10H2,1H3,(H,16,17). The Hall–Kier alpha value is -1.81. The molecule has 1 N–H and O–H groups in total. The first-order valence-electron chi connectivity index (χ1n) is 6.18. The van der Waals surface area contributed by atoms with Crippen molar-refractivity contribution in [1.29, 1.82) is 0 Å². The SMILES string of the molecule is COc1cccc(CC(=O)NCCc2ccsc2)c1. The lowest BCUT2D eigenvalue weighted by Gasteiger charge is -2.06. The van der Waals surface area contributed by atoms with Gasteiger partial charge in [-0.25, -0.2) is 0 Å². The van der Waals surface area contributed by atoms with E-state index in [-0.39, 0.29) is 5.91 Å². The predicted molar refractivity (Wildman–Crippen MR) is 77.7 cm³/mol. The van der Waals surface area contributed by atoms with E-state index >= 15 is 0 Å². The van der Waals surface area contributed by atoms with Gasteiger partial charge in [0.1, 0.15) is 5.75 Å². The van der Waals surface area contributed by atoms with E-state index in [0.717, 1.165) is 17.7 Å². The van der Waals surface area contributed by atoms with Crippen LogP contribution in [0.5, 0.6) is 5.75 Å². The summed E-state index contributed by atoms with van der Waals surface area (Å²) in [7, 11) is 1.63. The molecule has 0 radical (unpaired) electrons. The number of carbonyl (C=O) groups is 1. The molecular formula is C15H17NO2S. The Kier molecular flexibility index (Phi) is 4.98. The minimum absolute atomic E-state index is 0.0449. The molecule has 0 saturated heterocycles. The van der Waals surface area contributed by atoms with E-state index in [0.29, 0.717) is 13.0 Å². The number of rotatable bonds is 6. The van der Waals surface area contributed by atoms with Gasteiger partial charge in [0.15, 0.2) is 0 Å². The summed E-state index contributed by atoms with van der Waals surface area (Å²) in [6.45, 7) is 0.680. The van der Waals surface area contributed by atoms with Crippen molar-refractivity contribution in [2.24, 2.45) is 0 Å². The van der Waals surface area contributed by atoms with Gasteiger partial charge in [-0.1, -0.05) is 12.1 Å². The van der Waals surface area contributed by atoms with Crippen molar-refractivity contribution in [2.45, 2.75) is 12.8 Å². The highest BCUT2D eigenvalue weighted by Gasteiger charge is 2.04. The van der Waals surface area contributed by atoms with Gasteiger partial charge in [0.05, 0.1) is 13.5 Å². The lowest BCUT2D eigenvalue weighted by atomic mass is 10.1. The number of carbonyl (C=O) groups excluding carboxylic acids is 1. The Balaban J connectivity index is 1.77. The topological polar surface area (TPSA) is 38.3 Å². The normalized spacial score (nSPS) is 10.2. The van der Waals surface area contributed by atoms with Crippen molar-refractivity contribution < 1.29 is 9.53 Å². The van der Waals surface area contributed by atoms with Crippen molar-refractivity contribution >= 4 is 17.2 Å². The second kappa shape index (κ2) is 6.95. The minimum atomic E-state index is 0.0449. The Morgan fingerprint density at radius 1 is 1.32 bits per heavy atom. The number of methoxy groups -OCH3 is 1. The van der Waals surface area contributed by atoms with E-state index in [1.54, 1.807) is 18.4 Å². The highest BCUT2D eigenvalue weighted by molar-refractivity contribution is 7.07. The maximum atomic E-state index is 11.8. The summed E-state index contributed by atoms with van der Waals surface area (Å²) in [5.41, 5.74) is 2.24. The summed E-state index contributed by atoms with van der Waals surface area (Å²) >= 11 is 1.68. The number of nitrogens with one attached hydrogen (secondary N) is 1. The lowest BCUT2D eigenvalue weighted by molar-refractivity contribution is -0.120. The molecule has 0 fully saturated rings. The van der Waals surface area contributed by atoms with Crippen molar-refractivity contribution in [3.8, 4) is 5.75 Å². The van der Waals surface area contributed by atoms with Gasteiger partial charge in [0, 0.05) is 6.54 Å². The summed E-state index contributed by atoms with van der Waals surface area (Å²) in [6, 6.07) is 9.67. The molecule has 0 aliphatic carbocycles. The van der Waals surface area contributed by atoms with Gasteiger partial charge in [-0.3, -0.25) is 4.79 Å². The molecule has 100 valence electrons. The first-order chi connectivity index (χ1) is 9.28. The number of thiophene rings is 1. The molecule has 0 bridgehead atoms. The zero-order valence-electron chi connectivity index (χ0n) is 10.9. The van der Waals surface area contributed by atoms with E-state index in [1.807, 2.05) is 29.6 Å². The van der Waals surface area contributed by atoms with Crippen LogP contribution < -0.4 is 10.1 Å². The third kappa shape index (κ3) is 4.41. The van der Waals surface area contributed by atoms with Gasteiger partial charge >= 0.3 is 0 Å². The third-order valence-electron chi connectivity index (χ3n) is 2.81. The fourth-order valence-corrected chi connectivity index (χ4v) is 2.51. The Morgan fingerprint density at radius 3 is 2.95 bits per heavy atom.